The lowest BCUT2D eigenvalue weighted by Crippen LogP contribution is -2.45. The number of hydrogen-bond donors (Lipinski definition) is 3. The molecule has 0 rings (SSSR count). The highest BCUT2D eigenvalue weighted by molar-refractivity contribution is 5.76. The van der Waals surface area contributed by atoms with Gasteiger partial charge in [0.1, 0.15) is 0 Å². The van der Waals surface area contributed by atoms with Gasteiger partial charge >= 0.3 is 0 Å². The molecule has 3 N–H and O–H groups in total. The van der Waals surface area contributed by atoms with Crippen molar-refractivity contribution in [3.63, 3.8) is 0 Å². The predicted molar refractivity (Wildman–Crippen MR) is 253 cm³/mol. The lowest BCUT2D eigenvalue weighted by Gasteiger charge is -2.22. The monoisotopic (exact) mass is 790 g/mol. The van der Waals surface area contributed by atoms with Gasteiger partial charge in [-0.1, -0.05) is 227 Å². The maximum absolute atomic E-state index is 12.4. The normalized spacial score (nSPS) is 13.8. The number of carbonyl (C=O) groups is 1. The molecule has 0 aromatic rings. The molecular weight excluding hydrogens is 699 g/mol. The van der Waals surface area contributed by atoms with E-state index in [-0.39, 0.29) is 12.5 Å². The van der Waals surface area contributed by atoms with Crippen LogP contribution in [0.15, 0.2) is 97.2 Å². The van der Waals surface area contributed by atoms with E-state index in [0.717, 1.165) is 89.9 Å². The van der Waals surface area contributed by atoms with E-state index in [9.17, 15) is 15.0 Å². The van der Waals surface area contributed by atoms with Crippen LogP contribution in [0.5, 0.6) is 0 Å². The summed E-state index contributed by atoms with van der Waals surface area (Å²) in [6.07, 6.45) is 70.6. The Bertz CT molecular complexity index is 1080. The van der Waals surface area contributed by atoms with Crippen molar-refractivity contribution >= 4 is 5.91 Å². The maximum Gasteiger partial charge on any atom is 0.220 e. The van der Waals surface area contributed by atoms with Crippen LogP contribution in [-0.4, -0.2) is 34.9 Å². The highest BCUT2D eigenvalue weighted by Gasteiger charge is 2.20. The largest absolute Gasteiger partial charge is 0.394 e. The van der Waals surface area contributed by atoms with Crippen LogP contribution < -0.4 is 5.32 Å². The minimum absolute atomic E-state index is 0.0504. The summed E-state index contributed by atoms with van der Waals surface area (Å²) in [7, 11) is 0. The highest BCUT2D eigenvalue weighted by Crippen LogP contribution is 2.15. The van der Waals surface area contributed by atoms with Crippen molar-refractivity contribution in [2.75, 3.05) is 6.61 Å². The Labute approximate surface area is 353 Å². The Morgan fingerprint density at radius 1 is 0.439 bits per heavy atom. The molecule has 0 radical (unpaired) electrons. The average molecular weight is 790 g/mol. The van der Waals surface area contributed by atoms with E-state index < -0.39 is 12.1 Å². The Balaban J connectivity index is 3.63. The first-order chi connectivity index (χ1) is 28.2. The molecule has 0 aromatic heterocycles. The molecule has 0 bridgehead atoms. The van der Waals surface area contributed by atoms with Gasteiger partial charge in [0.05, 0.1) is 18.8 Å². The molecule has 0 aliphatic carbocycles. The first kappa shape index (κ1) is 54.3. The SMILES string of the molecule is CC/C=C\C/C=C\C/C=C\C/C=C\C/C=C\C/C=C\C/C=C\C/C=C\CCCCCCCCC(=O)NC(CO)C(O)CCCCCCCCCCCCCCCC. The second-order valence-electron chi connectivity index (χ2n) is 15.8. The zero-order valence-corrected chi connectivity index (χ0v) is 37.3. The highest BCUT2D eigenvalue weighted by atomic mass is 16.3. The molecule has 2 unspecified atom stereocenters. The summed E-state index contributed by atoms with van der Waals surface area (Å²) >= 11 is 0. The summed E-state index contributed by atoms with van der Waals surface area (Å²) in [5.74, 6) is -0.0504. The number of carbonyl (C=O) groups excluding carboxylic acids is 1. The van der Waals surface area contributed by atoms with E-state index in [0.29, 0.717) is 12.8 Å². The molecule has 0 saturated heterocycles. The van der Waals surface area contributed by atoms with Crippen molar-refractivity contribution < 1.29 is 15.0 Å². The zero-order valence-electron chi connectivity index (χ0n) is 37.3. The topological polar surface area (TPSA) is 69.6 Å². The predicted octanol–water partition coefficient (Wildman–Crippen LogP) is 15.4. The van der Waals surface area contributed by atoms with E-state index in [2.05, 4.69) is 116 Å². The van der Waals surface area contributed by atoms with Gasteiger partial charge in [0.15, 0.2) is 0 Å². The molecule has 0 saturated carbocycles. The summed E-state index contributed by atoms with van der Waals surface area (Å²) in [4.78, 5) is 12.4. The number of nitrogens with one attached hydrogen (secondary N) is 1. The molecule has 0 fully saturated rings. The molecule has 0 aliphatic rings. The van der Waals surface area contributed by atoms with Crippen LogP contribution in [0.2, 0.25) is 0 Å². The van der Waals surface area contributed by atoms with Crippen LogP contribution in [0, 0.1) is 0 Å². The fourth-order valence-electron chi connectivity index (χ4n) is 6.73. The molecule has 0 aliphatic heterocycles. The number of hydrogen-bond acceptors (Lipinski definition) is 3. The van der Waals surface area contributed by atoms with E-state index in [4.69, 9.17) is 0 Å². The minimum Gasteiger partial charge on any atom is -0.394 e. The third kappa shape index (κ3) is 44.3. The molecule has 2 atom stereocenters. The quantitative estimate of drug-likeness (QED) is 0.0426. The third-order valence-corrected chi connectivity index (χ3v) is 10.4. The summed E-state index contributed by atoms with van der Waals surface area (Å²) < 4.78 is 0. The number of aliphatic hydroxyl groups is 2. The van der Waals surface area contributed by atoms with Crippen LogP contribution in [0.3, 0.4) is 0 Å². The van der Waals surface area contributed by atoms with Crippen LogP contribution in [-0.2, 0) is 4.79 Å². The van der Waals surface area contributed by atoms with Crippen LogP contribution in [0.1, 0.15) is 213 Å². The fraction of sp³-hybridized carbons (Fsp3) is 0.679. The van der Waals surface area contributed by atoms with Crippen molar-refractivity contribution in [1.29, 1.82) is 0 Å². The van der Waals surface area contributed by atoms with Crippen molar-refractivity contribution in [3.8, 4) is 0 Å². The fourth-order valence-corrected chi connectivity index (χ4v) is 6.73. The Kier molecular flexibility index (Phi) is 45.4. The summed E-state index contributed by atoms with van der Waals surface area (Å²) in [6, 6.07) is -0.550. The summed E-state index contributed by atoms with van der Waals surface area (Å²) in [5.41, 5.74) is 0. The van der Waals surface area contributed by atoms with Crippen molar-refractivity contribution in [3.05, 3.63) is 97.2 Å². The lowest BCUT2D eigenvalue weighted by molar-refractivity contribution is -0.123. The van der Waals surface area contributed by atoms with Gasteiger partial charge in [0.25, 0.3) is 0 Å². The van der Waals surface area contributed by atoms with Gasteiger partial charge in [0, 0.05) is 6.42 Å². The zero-order chi connectivity index (χ0) is 41.4. The third-order valence-electron chi connectivity index (χ3n) is 10.4. The second kappa shape index (κ2) is 47.7. The number of rotatable bonds is 42. The molecule has 326 valence electrons. The number of aliphatic hydroxyl groups excluding tert-OH is 2. The van der Waals surface area contributed by atoms with E-state index in [1.54, 1.807) is 0 Å². The second-order valence-corrected chi connectivity index (χ2v) is 15.8. The molecule has 57 heavy (non-hydrogen) atoms. The maximum atomic E-state index is 12.4. The Morgan fingerprint density at radius 3 is 1.16 bits per heavy atom. The molecular formula is C53H91NO3. The van der Waals surface area contributed by atoms with Crippen molar-refractivity contribution in [1.82, 2.24) is 5.32 Å². The lowest BCUT2D eigenvalue weighted by atomic mass is 10.0. The van der Waals surface area contributed by atoms with Crippen LogP contribution in [0.4, 0.5) is 0 Å². The Hall–Kier alpha value is -2.69. The first-order valence-electron chi connectivity index (χ1n) is 23.9. The van der Waals surface area contributed by atoms with Crippen molar-refractivity contribution in [2.45, 2.75) is 225 Å². The Morgan fingerprint density at radius 2 is 0.772 bits per heavy atom. The van der Waals surface area contributed by atoms with Gasteiger partial charge in [0.2, 0.25) is 5.91 Å². The summed E-state index contributed by atoms with van der Waals surface area (Å²) in [5, 5.41) is 23.2. The first-order valence-corrected chi connectivity index (χ1v) is 23.9. The van der Waals surface area contributed by atoms with Crippen LogP contribution in [0.25, 0.3) is 0 Å². The minimum atomic E-state index is -0.672. The number of amides is 1. The van der Waals surface area contributed by atoms with Crippen LogP contribution >= 0.6 is 0 Å². The van der Waals surface area contributed by atoms with Gasteiger partial charge in [-0.2, -0.15) is 0 Å². The number of unbranched alkanes of at least 4 members (excludes halogenated alkanes) is 19. The van der Waals surface area contributed by atoms with E-state index in [1.807, 2.05) is 0 Å². The molecule has 0 spiro atoms. The molecule has 4 heteroatoms. The van der Waals surface area contributed by atoms with E-state index >= 15 is 0 Å². The molecule has 1 amide bonds. The van der Waals surface area contributed by atoms with Gasteiger partial charge in [-0.15, -0.1) is 0 Å². The molecule has 0 heterocycles. The average Bonchev–Trinajstić information content (AvgIpc) is 3.22. The summed E-state index contributed by atoms with van der Waals surface area (Å²) in [6.45, 7) is 4.23. The standard InChI is InChI=1S/C53H91NO3/c1-3-5-7-9-11-13-15-17-19-20-21-22-23-24-25-26-27-28-29-30-31-32-33-34-35-37-39-41-43-45-47-49-53(57)54-51(50-55)52(56)48-46-44-42-40-38-36-18-16-14-12-10-8-6-4-2/h5,7,11,13,17,19,21-22,24-25,27-28,30-31,33-34,51-52,55-56H,3-4,6,8-10,12,14-16,18,20,23,26,29,32,35-50H2,1-2H3,(H,54,57)/b7-5-,13-11-,19-17-,22-21-,25-24-,28-27-,31-30-,34-33-. The van der Waals surface area contributed by atoms with Gasteiger partial charge in [-0.25, -0.2) is 0 Å². The smallest absolute Gasteiger partial charge is 0.220 e. The molecule has 4 nitrogen and oxygen atoms in total. The van der Waals surface area contributed by atoms with Gasteiger partial charge in [-0.05, 0) is 77.0 Å². The van der Waals surface area contributed by atoms with E-state index in [1.165, 1.54) is 96.3 Å². The van der Waals surface area contributed by atoms with Gasteiger partial charge in [-0.3, -0.25) is 4.79 Å². The van der Waals surface area contributed by atoms with Crippen molar-refractivity contribution in [2.24, 2.45) is 0 Å². The van der Waals surface area contributed by atoms with Gasteiger partial charge < -0.3 is 15.5 Å². The molecule has 0 aromatic carbocycles. The number of allylic oxidation sites excluding steroid dienone is 16.